The quantitative estimate of drug-likeness (QED) is 0.667. The summed E-state index contributed by atoms with van der Waals surface area (Å²) in [6, 6.07) is 13.0. The summed E-state index contributed by atoms with van der Waals surface area (Å²) in [5.41, 5.74) is 2.36. The maximum absolute atomic E-state index is 14.4. The van der Waals surface area contributed by atoms with E-state index in [0.29, 0.717) is 18.0 Å². The molecule has 134 valence electrons. The van der Waals surface area contributed by atoms with Gasteiger partial charge in [-0.2, -0.15) is 0 Å². The molecule has 0 aliphatic heterocycles. The zero-order chi connectivity index (χ0) is 18.5. The first-order valence-electron chi connectivity index (χ1n) is 8.28. The summed E-state index contributed by atoms with van der Waals surface area (Å²) in [5, 5.41) is 2.83. The number of hydrogen-bond donors (Lipinski definition) is 1. The summed E-state index contributed by atoms with van der Waals surface area (Å²) in [6.45, 7) is 4.15. The molecule has 4 nitrogen and oxygen atoms in total. The maximum Gasteiger partial charge on any atom is 0.230 e. The SMILES string of the molecule is Cc1ccc(SCC(=O)NCc2ccc(-n3ccnc3C)c(F)c2)cc1. The molecular formula is C20H20FN3OS. The predicted octanol–water partition coefficient (Wildman–Crippen LogP) is 4.04. The van der Waals surface area contributed by atoms with Gasteiger partial charge in [-0.05, 0) is 43.7 Å². The molecule has 0 saturated heterocycles. The van der Waals surface area contributed by atoms with Gasteiger partial charge in [-0.25, -0.2) is 9.37 Å². The van der Waals surface area contributed by atoms with Crippen molar-refractivity contribution in [3.63, 3.8) is 0 Å². The standard InChI is InChI=1S/C20H20FN3OS/c1-14-3-6-17(7-4-14)26-13-20(25)23-12-16-5-8-19(18(21)11-16)24-10-9-22-15(24)2/h3-11H,12-13H2,1-2H3,(H,23,25). The van der Waals surface area contributed by atoms with Crippen LogP contribution in [-0.4, -0.2) is 21.2 Å². The van der Waals surface area contributed by atoms with Gasteiger partial charge in [0.1, 0.15) is 11.6 Å². The van der Waals surface area contributed by atoms with E-state index >= 15 is 0 Å². The molecule has 3 rings (SSSR count). The zero-order valence-electron chi connectivity index (χ0n) is 14.7. The smallest absolute Gasteiger partial charge is 0.230 e. The monoisotopic (exact) mass is 369 g/mol. The summed E-state index contributed by atoms with van der Waals surface area (Å²) < 4.78 is 16.0. The van der Waals surface area contributed by atoms with Gasteiger partial charge in [-0.3, -0.25) is 4.79 Å². The van der Waals surface area contributed by atoms with Crippen LogP contribution >= 0.6 is 11.8 Å². The van der Waals surface area contributed by atoms with Gasteiger partial charge in [-0.15, -0.1) is 11.8 Å². The van der Waals surface area contributed by atoms with E-state index in [-0.39, 0.29) is 11.7 Å². The van der Waals surface area contributed by atoms with E-state index in [1.165, 1.54) is 23.4 Å². The third-order valence-electron chi connectivity index (χ3n) is 3.98. The molecule has 0 saturated carbocycles. The highest BCUT2D eigenvalue weighted by Crippen LogP contribution is 2.19. The van der Waals surface area contributed by atoms with Gasteiger partial charge in [0.05, 0.1) is 11.4 Å². The van der Waals surface area contributed by atoms with Crippen LogP contribution in [0.1, 0.15) is 17.0 Å². The van der Waals surface area contributed by atoms with Gasteiger partial charge < -0.3 is 9.88 Å². The average Bonchev–Trinajstić information content (AvgIpc) is 3.05. The van der Waals surface area contributed by atoms with E-state index in [9.17, 15) is 9.18 Å². The van der Waals surface area contributed by atoms with Crippen LogP contribution in [0.15, 0.2) is 59.8 Å². The number of aromatic nitrogens is 2. The second-order valence-corrected chi connectivity index (χ2v) is 7.06. The van der Waals surface area contributed by atoms with Crippen LogP contribution in [0.2, 0.25) is 0 Å². The van der Waals surface area contributed by atoms with Crippen molar-refractivity contribution in [1.82, 2.24) is 14.9 Å². The molecule has 6 heteroatoms. The third kappa shape index (κ3) is 4.52. The van der Waals surface area contributed by atoms with Crippen LogP contribution in [0, 0.1) is 19.7 Å². The number of imidazole rings is 1. The Labute approximate surface area is 156 Å². The number of aryl methyl sites for hydroxylation is 2. The number of rotatable bonds is 6. The predicted molar refractivity (Wildman–Crippen MR) is 102 cm³/mol. The molecule has 0 unspecified atom stereocenters. The average molecular weight is 369 g/mol. The molecule has 0 bridgehead atoms. The van der Waals surface area contributed by atoms with Gasteiger partial charge in [0.2, 0.25) is 5.91 Å². The number of nitrogens with one attached hydrogen (secondary N) is 1. The number of carbonyl (C=O) groups is 1. The molecule has 0 atom stereocenters. The van der Waals surface area contributed by atoms with Crippen molar-refractivity contribution in [3.05, 3.63) is 77.6 Å². The van der Waals surface area contributed by atoms with Crippen molar-refractivity contribution in [2.45, 2.75) is 25.3 Å². The highest BCUT2D eigenvalue weighted by atomic mass is 32.2. The second kappa shape index (κ2) is 8.19. The van der Waals surface area contributed by atoms with Gasteiger partial charge >= 0.3 is 0 Å². The number of amides is 1. The Morgan fingerprint density at radius 3 is 2.62 bits per heavy atom. The van der Waals surface area contributed by atoms with Crippen LogP contribution in [-0.2, 0) is 11.3 Å². The molecule has 0 radical (unpaired) electrons. The summed E-state index contributed by atoms with van der Waals surface area (Å²) in [5.74, 6) is 0.633. The molecule has 0 fully saturated rings. The van der Waals surface area contributed by atoms with Gasteiger partial charge in [0.25, 0.3) is 0 Å². The third-order valence-corrected chi connectivity index (χ3v) is 4.99. The van der Waals surface area contributed by atoms with Crippen LogP contribution < -0.4 is 5.32 Å². The number of thioether (sulfide) groups is 1. The van der Waals surface area contributed by atoms with Crippen molar-refractivity contribution in [2.75, 3.05) is 5.75 Å². The molecule has 0 spiro atoms. The fourth-order valence-corrected chi connectivity index (χ4v) is 3.25. The van der Waals surface area contributed by atoms with E-state index in [1.54, 1.807) is 23.0 Å². The van der Waals surface area contributed by atoms with E-state index in [0.717, 1.165) is 16.3 Å². The van der Waals surface area contributed by atoms with Crippen molar-refractivity contribution in [1.29, 1.82) is 0 Å². The van der Waals surface area contributed by atoms with Crippen molar-refractivity contribution >= 4 is 17.7 Å². The molecule has 2 aromatic carbocycles. The number of nitrogens with zero attached hydrogens (tertiary/aromatic N) is 2. The Morgan fingerprint density at radius 1 is 1.19 bits per heavy atom. The van der Waals surface area contributed by atoms with Crippen molar-refractivity contribution in [3.8, 4) is 5.69 Å². The van der Waals surface area contributed by atoms with E-state index in [4.69, 9.17) is 0 Å². The normalized spacial score (nSPS) is 10.7. The lowest BCUT2D eigenvalue weighted by Crippen LogP contribution is -2.24. The van der Waals surface area contributed by atoms with Crippen molar-refractivity contribution < 1.29 is 9.18 Å². The second-order valence-electron chi connectivity index (χ2n) is 6.01. The fourth-order valence-electron chi connectivity index (χ4n) is 2.52. The van der Waals surface area contributed by atoms with E-state index in [2.05, 4.69) is 10.3 Å². The molecule has 26 heavy (non-hydrogen) atoms. The van der Waals surface area contributed by atoms with Crippen LogP contribution in [0.4, 0.5) is 4.39 Å². The lowest BCUT2D eigenvalue weighted by Gasteiger charge is -2.10. The molecule has 0 aliphatic carbocycles. The molecule has 1 aromatic heterocycles. The molecule has 1 heterocycles. The van der Waals surface area contributed by atoms with Gasteiger partial charge in [0.15, 0.2) is 0 Å². The first kappa shape index (κ1) is 18.2. The Hall–Kier alpha value is -2.60. The van der Waals surface area contributed by atoms with Gasteiger partial charge in [-0.1, -0.05) is 23.8 Å². The van der Waals surface area contributed by atoms with Crippen molar-refractivity contribution in [2.24, 2.45) is 0 Å². The molecule has 1 N–H and O–H groups in total. The Balaban J connectivity index is 1.54. The Bertz CT molecular complexity index is 906. The largest absolute Gasteiger partial charge is 0.351 e. The molecular weight excluding hydrogens is 349 g/mol. The summed E-state index contributed by atoms with van der Waals surface area (Å²) in [4.78, 5) is 17.2. The molecule has 1 amide bonds. The first-order valence-corrected chi connectivity index (χ1v) is 9.26. The number of carbonyl (C=O) groups excluding carboxylic acids is 1. The lowest BCUT2D eigenvalue weighted by molar-refractivity contribution is -0.118. The minimum Gasteiger partial charge on any atom is -0.351 e. The number of hydrogen-bond acceptors (Lipinski definition) is 3. The summed E-state index contributed by atoms with van der Waals surface area (Å²) in [6.07, 6.45) is 3.35. The zero-order valence-corrected chi connectivity index (χ0v) is 15.5. The number of halogens is 1. The minimum atomic E-state index is -0.341. The molecule has 3 aromatic rings. The summed E-state index contributed by atoms with van der Waals surface area (Å²) >= 11 is 1.48. The van der Waals surface area contributed by atoms with E-state index in [1.807, 2.05) is 44.2 Å². The van der Waals surface area contributed by atoms with Crippen LogP contribution in [0.3, 0.4) is 0 Å². The number of benzene rings is 2. The Morgan fingerprint density at radius 2 is 1.96 bits per heavy atom. The minimum absolute atomic E-state index is 0.0782. The van der Waals surface area contributed by atoms with Crippen LogP contribution in [0.25, 0.3) is 5.69 Å². The highest BCUT2D eigenvalue weighted by molar-refractivity contribution is 8.00. The maximum atomic E-state index is 14.4. The Kier molecular flexibility index (Phi) is 5.73. The first-order chi connectivity index (χ1) is 12.5. The fraction of sp³-hybridized carbons (Fsp3) is 0.200. The highest BCUT2D eigenvalue weighted by Gasteiger charge is 2.09. The van der Waals surface area contributed by atoms with Crippen LogP contribution in [0.5, 0.6) is 0 Å². The van der Waals surface area contributed by atoms with Gasteiger partial charge in [0, 0.05) is 23.8 Å². The topological polar surface area (TPSA) is 46.9 Å². The molecule has 0 aliphatic rings. The summed E-state index contributed by atoms with van der Waals surface area (Å²) in [7, 11) is 0. The van der Waals surface area contributed by atoms with E-state index < -0.39 is 0 Å². The lowest BCUT2D eigenvalue weighted by atomic mass is 10.2.